The van der Waals surface area contributed by atoms with E-state index in [2.05, 4.69) is 51.3 Å². The van der Waals surface area contributed by atoms with E-state index in [1.807, 2.05) is 17.8 Å². The SMILES string of the molecule is CC(C)CNCc1cn(Cc2cscn2)c2ncccc12. The van der Waals surface area contributed by atoms with Gasteiger partial charge < -0.3 is 9.88 Å². The van der Waals surface area contributed by atoms with Crippen molar-refractivity contribution in [3.8, 4) is 0 Å². The Morgan fingerprint density at radius 1 is 1.33 bits per heavy atom. The number of rotatable bonds is 6. The maximum Gasteiger partial charge on any atom is 0.140 e. The zero-order valence-corrected chi connectivity index (χ0v) is 13.2. The second-order valence-electron chi connectivity index (χ2n) is 5.66. The smallest absolute Gasteiger partial charge is 0.140 e. The van der Waals surface area contributed by atoms with E-state index in [0.717, 1.165) is 31.0 Å². The highest BCUT2D eigenvalue weighted by Crippen LogP contribution is 2.20. The van der Waals surface area contributed by atoms with E-state index >= 15 is 0 Å². The lowest BCUT2D eigenvalue weighted by Gasteiger charge is -2.06. The Kier molecular flexibility index (Phi) is 4.31. The Labute approximate surface area is 128 Å². The minimum Gasteiger partial charge on any atom is -0.326 e. The Balaban J connectivity index is 1.86. The van der Waals surface area contributed by atoms with Crippen LogP contribution in [0.3, 0.4) is 0 Å². The van der Waals surface area contributed by atoms with Crippen molar-refractivity contribution in [1.82, 2.24) is 19.9 Å². The molecule has 4 nitrogen and oxygen atoms in total. The second kappa shape index (κ2) is 6.37. The Morgan fingerprint density at radius 2 is 2.24 bits per heavy atom. The van der Waals surface area contributed by atoms with Crippen LogP contribution in [-0.4, -0.2) is 21.1 Å². The van der Waals surface area contributed by atoms with E-state index in [1.54, 1.807) is 11.3 Å². The number of hydrogen-bond acceptors (Lipinski definition) is 4. The van der Waals surface area contributed by atoms with Gasteiger partial charge in [0.2, 0.25) is 0 Å². The van der Waals surface area contributed by atoms with Crippen molar-refractivity contribution in [2.45, 2.75) is 26.9 Å². The van der Waals surface area contributed by atoms with Gasteiger partial charge in [0.25, 0.3) is 0 Å². The lowest BCUT2D eigenvalue weighted by molar-refractivity contribution is 0.553. The highest BCUT2D eigenvalue weighted by molar-refractivity contribution is 7.07. The van der Waals surface area contributed by atoms with Gasteiger partial charge in [0.05, 0.1) is 17.7 Å². The summed E-state index contributed by atoms with van der Waals surface area (Å²) in [6.07, 6.45) is 4.05. The summed E-state index contributed by atoms with van der Waals surface area (Å²) in [5, 5.41) is 6.83. The standard InChI is InChI=1S/C16H20N4S/c1-12(2)6-17-7-13-8-20(9-14-10-21-11-19-14)16-15(13)4-3-5-18-16/h3-5,8,10-12,17H,6-7,9H2,1-2H3. The van der Waals surface area contributed by atoms with Crippen LogP contribution in [0.4, 0.5) is 0 Å². The molecule has 5 heteroatoms. The van der Waals surface area contributed by atoms with Crippen molar-refractivity contribution in [3.05, 3.63) is 46.7 Å². The van der Waals surface area contributed by atoms with Crippen LogP contribution < -0.4 is 5.32 Å². The van der Waals surface area contributed by atoms with E-state index < -0.39 is 0 Å². The van der Waals surface area contributed by atoms with E-state index in [-0.39, 0.29) is 0 Å². The first-order valence-corrected chi connectivity index (χ1v) is 8.19. The normalized spacial score (nSPS) is 11.6. The first-order valence-electron chi connectivity index (χ1n) is 7.24. The van der Waals surface area contributed by atoms with Gasteiger partial charge in [-0.15, -0.1) is 11.3 Å². The molecule has 21 heavy (non-hydrogen) atoms. The average Bonchev–Trinajstić information content (AvgIpc) is 3.09. The molecule has 3 aromatic heterocycles. The highest BCUT2D eigenvalue weighted by Gasteiger charge is 2.10. The Hall–Kier alpha value is -1.72. The van der Waals surface area contributed by atoms with E-state index in [4.69, 9.17) is 0 Å². The molecule has 0 aromatic carbocycles. The quantitative estimate of drug-likeness (QED) is 0.759. The van der Waals surface area contributed by atoms with Gasteiger partial charge >= 0.3 is 0 Å². The molecule has 0 amide bonds. The summed E-state index contributed by atoms with van der Waals surface area (Å²) in [5.74, 6) is 0.659. The molecule has 0 spiro atoms. The number of nitrogens with zero attached hydrogens (tertiary/aromatic N) is 3. The average molecular weight is 300 g/mol. The van der Waals surface area contributed by atoms with E-state index in [1.165, 1.54) is 10.9 Å². The number of pyridine rings is 1. The van der Waals surface area contributed by atoms with Gasteiger partial charge in [-0.1, -0.05) is 13.8 Å². The van der Waals surface area contributed by atoms with Crippen molar-refractivity contribution in [2.24, 2.45) is 5.92 Å². The Morgan fingerprint density at radius 3 is 3.00 bits per heavy atom. The molecule has 3 aromatic rings. The fourth-order valence-corrected chi connectivity index (χ4v) is 2.99. The van der Waals surface area contributed by atoms with Gasteiger partial charge in [-0.25, -0.2) is 9.97 Å². The van der Waals surface area contributed by atoms with Gasteiger partial charge in [-0.3, -0.25) is 0 Å². The molecular formula is C16H20N4S. The zero-order chi connectivity index (χ0) is 14.7. The number of hydrogen-bond donors (Lipinski definition) is 1. The third-order valence-electron chi connectivity index (χ3n) is 3.40. The van der Waals surface area contributed by atoms with Crippen molar-refractivity contribution >= 4 is 22.4 Å². The summed E-state index contributed by atoms with van der Waals surface area (Å²) >= 11 is 1.63. The van der Waals surface area contributed by atoms with Crippen molar-refractivity contribution in [2.75, 3.05) is 6.54 Å². The lowest BCUT2D eigenvalue weighted by Crippen LogP contribution is -2.18. The van der Waals surface area contributed by atoms with Crippen LogP contribution in [0.2, 0.25) is 0 Å². The molecule has 0 fully saturated rings. The first-order chi connectivity index (χ1) is 10.2. The molecule has 0 unspecified atom stereocenters. The van der Waals surface area contributed by atoms with Crippen LogP contribution in [0.25, 0.3) is 11.0 Å². The maximum atomic E-state index is 4.54. The molecule has 0 aliphatic rings. The fourth-order valence-electron chi connectivity index (χ4n) is 2.44. The summed E-state index contributed by atoms with van der Waals surface area (Å²) < 4.78 is 2.19. The van der Waals surface area contributed by atoms with Gasteiger partial charge in [-0.2, -0.15) is 0 Å². The summed E-state index contributed by atoms with van der Waals surface area (Å²) in [6, 6.07) is 4.15. The predicted molar refractivity (Wildman–Crippen MR) is 87.5 cm³/mol. The molecule has 0 aliphatic heterocycles. The molecule has 1 N–H and O–H groups in total. The number of nitrogens with one attached hydrogen (secondary N) is 1. The fraction of sp³-hybridized carbons (Fsp3) is 0.375. The maximum absolute atomic E-state index is 4.54. The molecular weight excluding hydrogens is 280 g/mol. The van der Waals surface area contributed by atoms with Crippen molar-refractivity contribution < 1.29 is 0 Å². The number of fused-ring (bicyclic) bond motifs is 1. The van der Waals surface area contributed by atoms with Gasteiger partial charge in [0, 0.05) is 29.7 Å². The van der Waals surface area contributed by atoms with Crippen LogP contribution in [0.5, 0.6) is 0 Å². The largest absolute Gasteiger partial charge is 0.326 e. The minimum atomic E-state index is 0.659. The second-order valence-corrected chi connectivity index (χ2v) is 6.38. The highest BCUT2D eigenvalue weighted by atomic mass is 32.1. The molecule has 0 radical (unpaired) electrons. The van der Waals surface area contributed by atoms with Crippen molar-refractivity contribution in [1.29, 1.82) is 0 Å². The molecule has 0 aliphatic carbocycles. The van der Waals surface area contributed by atoms with Gasteiger partial charge in [0.15, 0.2) is 0 Å². The first kappa shape index (κ1) is 14.2. The van der Waals surface area contributed by atoms with Crippen LogP contribution in [0.1, 0.15) is 25.1 Å². The zero-order valence-electron chi connectivity index (χ0n) is 12.4. The van der Waals surface area contributed by atoms with E-state index in [0.29, 0.717) is 5.92 Å². The summed E-state index contributed by atoms with van der Waals surface area (Å²) in [6.45, 7) is 7.13. The molecule has 0 saturated carbocycles. The summed E-state index contributed by atoms with van der Waals surface area (Å²) in [7, 11) is 0. The number of aromatic nitrogens is 3. The van der Waals surface area contributed by atoms with Gasteiger partial charge in [-0.05, 0) is 30.2 Å². The topological polar surface area (TPSA) is 42.7 Å². The van der Waals surface area contributed by atoms with Crippen LogP contribution in [0, 0.1) is 5.92 Å². The summed E-state index contributed by atoms with van der Waals surface area (Å²) in [4.78, 5) is 8.90. The van der Waals surface area contributed by atoms with E-state index in [9.17, 15) is 0 Å². The molecule has 0 bridgehead atoms. The molecule has 0 saturated heterocycles. The summed E-state index contributed by atoms with van der Waals surface area (Å²) in [5.41, 5.74) is 5.30. The third kappa shape index (κ3) is 3.31. The lowest BCUT2D eigenvalue weighted by atomic mass is 10.2. The monoisotopic (exact) mass is 300 g/mol. The third-order valence-corrected chi connectivity index (χ3v) is 4.04. The van der Waals surface area contributed by atoms with Crippen LogP contribution in [0.15, 0.2) is 35.4 Å². The predicted octanol–water partition coefficient (Wildman–Crippen LogP) is 3.29. The molecule has 3 rings (SSSR count). The minimum absolute atomic E-state index is 0.659. The molecule has 0 atom stereocenters. The van der Waals surface area contributed by atoms with Crippen LogP contribution >= 0.6 is 11.3 Å². The van der Waals surface area contributed by atoms with Gasteiger partial charge in [0.1, 0.15) is 5.65 Å². The molecule has 110 valence electrons. The Bertz CT molecular complexity index is 700. The molecule has 3 heterocycles. The van der Waals surface area contributed by atoms with Crippen LogP contribution in [-0.2, 0) is 13.1 Å². The van der Waals surface area contributed by atoms with Crippen molar-refractivity contribution in [3.63, 3.8) is 0 Å². The number of thiazole rings is 1.